The second-order valence-corrected chi connectivity index (χ2v) is 6.14. The number of hydrogen-bond donors (Lipinski definition) is 1. The summed E-state index contributed by atoms with van der Waals surface area (Å²) in [6.45, 7) is 4.70. The van der Waals surface area contributed by atoms with Gasteiger partial charge >= 0.3 is 0 Å². The van der Waals surface area contributed by atoms with Crippen LogP contribution in [0.5, 0.6) is 0 Å². The van der Waals surface area contributed by atoms with Crippen LogP contribution >= 0.6 is 0 Å². The predicted octanol–water partition coefficient (Wildman–Crippen LogP) is 4.00. The van der Waals surface area contributed by atoms with Gasteiger partial charge in [-0.2, -0.15) is 0 Å². The Morgan fingerprint density at radius 2 is 1.56 bits per heavy atom. The Balaban J connectivity index is 1.90. The van der Waals surface area contributed by atoms with Crippen LogP contribution in [0.4, 0.5) is 0 Å². The molecule has 0 bridgehead atoms. The molecule has 0 aromatic rings. The maximum Gasteiger partial charge on any atom is 0.0543 e. The molecule has 2 aliphatic carbocycles. The smallest absolute Gasteiger partial charge is 0.0543 e. The highest BCUT2D eigenvalue weighted by Gasteiger charge is 2.36. The molecule has 2 saturated carbocycles. The van der Waals surface area contributed by atoms with Crippen molar-refractivity contribution in [2.45, 2.75) is 71.3 Å². The van der Waals surface area contributed by atoms with E-state index in [1.807, 2.05) is 0 Å². The average molecular weight is 224 g/mol. The molecule has 1 heteroatoms. The summed E-state index contributed by atoms with van der Waals surface area (Å²) in [7, 11) is 0. The molecule has 0 saturated heterocycles. The van der Waals surface area contributed by atoms with Crippen LogP contribution in [-0.4, -0.2) is 11.2 Å². The molecular formula is C15H28O. The van der Waals surface area contributed by atoms with E-state index in [9.17, 15) is 5.11 Å². The zero-order valence-electron chi connectivity index (χ0n) is 11.0. The minimum absolute atomic E-state index is 0.0194. The number of aliphatic hydroxyl groups excluding tert-OH is 1. The van der Waals surface area contributed by atoms with Crippen LogP contribution in [0, 0.1) is 23.7 Å². The van der Waals surface area contributed by atoms with Gasteiger partial charge in [0.15, 0.2) is 0 Å². The van der Waals surface area contributed by atoms with E-state index in [2.05, 4.69) is 13.8 Å². The Kier molecular flexibility index (Phi) is 4.29. The molecular weight excluding hydrogens is 196 g/mol. The van der Waals surface area contributed by atoms with Crippen molar-refractivity contribution in [1.29, 1.82) is 0 Å². The van der Waals surface area contributed by atoms with E-state index in [1.165, 1.54) is 38.5 Å². The van der Waals surface area contributed by atoms with Gasteiger partial charge in [0.05, 0.1) is 6.10 Å². The summed E-state index contributed by atoms with van der Waals surface area (Å²) in [5.41, 5.74) is 0. The second kappa shape index (κ2) is 5.53. The first-order valence-corrected chi connectivity index (χ1v) is 7.42. The van der Waals surface area contributed by atoms with E-state index < -0.39 is 0 Å². The average Bonchev–Trinajstić information content (AvgIpc) is 2.31. The molecule has 2 fully saturated rings. The largest absolute Gasteiger partial charge is 0.393 e. The quantitative estimate of drug-likeness (QED) is 0.768. The van der Waals surface area contributed by atoms with Gasteiger partial charge in [0.2, 0.25) is 0 Å². The fourth-order valence-electron chi connectivity index (χ4n) is 4.28. The molecule has 0 heterocycles. The first-order valence-electron chi connectivity index (χ1n) is 7.42. The third-order valence-electron chi connectivity index (χ3n) is 5.34. The summed E-state index contributed by atoms with van der Waals surface area (Å²) in [6.07, 6.45) is 10.5. The fraction of sp³-hybridized carbons (Fsp3) is 1.00. The molecule has 16 heavy (non-hydrogen) atoms. The molecule has 0 aliphatic heterocycles. The third kappa shape index (κ3) is 2.61. The van der Waals surface area contributed by atoms with Crippen LogP contribution in [0.2, 0.25) is 0 Å². The number of hydrogen-bond acceptors (Lipinski definition) is 1. The van der Waals surface area contributed by atoms with Gasteiger partial charge in [0.25, 0.3) is 0 Å². The van der Waals surface area contributed by atoms with Gasteiger partial charge in [-0.25, -0.2) is 0 Å². The molecule has 0 aromatic heterocycles. The predicted molar refractivity (Wildman–Crippen MR) is 68.3 cm³/mol. The standard InChI is InChI=1S/C15H28O/c1-3-11(4-2)12-5-6-14-10-15(16)8-7-13(14)9-12/h11-16H,3-10H2,1-2H3. The van der Waals surface area contributed by atoms with E-state index in [1.54, 1.807) is 0 Å². The third-order valence-corrected chi connectivity index (χ3v) is 5.34. The van der Waals surface area contributed by atoms with Gasteiger partial charge in [0, 0.05) is 0 Å². The summed E-state index contributed by atoms with van der Waals surface area (Å²) in [4.78, 5) is 0. The molecule has 4 unspecified atom stereocenters. The molecule has 2 aliphatic rings. The molecule has 0 amide bonds. The summed E-state index contributed by atoms with van der Waals surface area (Å²) >= 11 is 0. The van der Waals surface area contributed by atoms with Crippen molar-refractivity contribution in [2.24, 2.45) is 23.7 Å². The van der Waals surface area contributed by atoms with E-state index in [0.29, 0.717) is 0 Å². The van der Waals surface area contributed by atoms with Gasteiger partial charge < -0.3 is 5.11 Å². The van der Waals surface area contributed by atoms with Gasteiger partial charge in [-0.15, -0.1) is 0 Å². The van der Waals surface area contributed by atoms with Gasteiger partial charge in [-0.05, 0) is 62.2 Å². The van der Waals surface area contributed by atoms with Gasteiger partial charge in [0.1, 0.15) is 0 Å². The Hall–Kier alpha value is -0.0400. The Bertz CT molecular complexity index is 209. The maximum absolute atomic E-state index is 9.72. The van der Waals surface area contributed by atoms with Crippen molar-refractivity contribution < 1.29 is 5.11 Å². The summed E-state index contributed by atoms with van der Waals surface area (Å²) in [5, 5.41) is 9.72. The van der Waals surface area contributed by atoms with Crippen molar-refractivity contribution in [3.8, 4) is 0 Å². The van der Waals surface area contributed by atoms with E-state index >= 15 is 0 Å². The topological polar surface area (TPSA) is 20.2 Å². The van der Waals surface area contributed by atoms with Crippen LogP contribution < -0.4 is 0 Å². The van der Waals surface area contributed by atoms with Crippen LogP contribution in [0.15, 0.2) is 0 Å². The first-order chi connectivity index (χ1) is 7.74. The monoisotopic (exact) mass is 224 g/mol. The van der Waals surface area contributed by atoms with Crippen molar-refractivity contribution in [3.63, 3.8) is 0 Å². The van der Waals surface area contributed by atoms with Crippen LogP contribution in [0.3, 0.4) is 0 Å². The molecule has 0 spiro atoms. The Morgan fingerprint density at radius 1 is 0.938 bits per heavy atom. The SMILES string of the molecule is CCC(CC)C1CCC2CC(O)CCC2C1. The fourth-order valence-corrected chi connectivity index (χ4v) is 4.28. The highest BCUT2D eigenvalue weighted by molar-refractivity contribution is 4.87. The van der Waals surface area contributed by atoms with E-state index in [4.69, 9.17) is 0 Å². The highest BCUT2D eigenvalue weighted by atomic mass is 16.3. The normalized spacial score (nSPS) is 39.8. The van der Waals surface area contributed by atoms with Crippen LogP contribution in [0.25, 0.3) is 0 Å². The Morgan fingerprint density at radius 3 is 2.25 bits per heavy atom. The lowest BCUT2D eigenvalue weighted by atomic mass is 9.64. The van der Waals surface area contributed by atoms with Crippen LogP contribution in [-0.2, 0) is 0 Å². The minimum atomic E-state index is 0.0194. The van der Waals surface area contributed by atoms with Crippen molar-refractivity contribution >= 4 is 0 Å². The lowest BCUT2D eigenvalue weighted by molar-refractivity contribution is 0.0243. The molecule has 4 atom stereocenters. The molecule has 1 N–H and O–H groups in total. The maximum atomic E-state index is 9.72. The summed E-state index contributed by atoms with van der Waals surface area (Å²) in [6, 6.07) is 0. The van der Waals surface area contributed by atoms with Gasteiger partial charge in [-0.1, -0.05) is 26.7 Å². The lowest BCUT2D eigenvalue weighted by Crippen LogP contribution is -2.34. The molecule has 1 nitrogen and oxygen atoms in total. The molecule has 0 aromatic carbocycles. The number of aliphatic hydroxyl groups is 1. The van der Waals surface area contributed by atoms with Crippen molar-refractivity contribution in [3.05, 3.63) is 0 Å². The van der Waals surface area contributed by atoms with Crippen molar-refractivity contribution in [1.82, 2.24) is 0 Å². The minimum Gasteiger partial charge on any atom is -0.393 e. The van der Waals surface area contributed by atoms with Crippen molar-refractivity contribution in [2.75, 3.05) is 0 Å². The Labute approximate surface area is 101 Å². The molecule has 0 radical (unpaired) electrons. The first kappa shape index (κ1) is 12.4. The zero-order chi connectivity index (χ0) is 11.5. The second-order valence-electron chi connectivity index (χ2n) is 6.14. The molecule has 94 valence electrons. The molecule has 2 rings (SSSR count). The van der Waals surface area contributed by atoms with E-state index in [0.717, 1.165) is 36.5 Å². The zero-order valence-corrected chi connectivity index (χ0v) is 11.0. The summed E-state index contributed by atoms with van der Waals surface area (Å²) < 4.78 is 0. The van der Waals surface area contributed by atoms with Gasteiger partial charge in [-0.3, -0.25) is 0 Å². The summed E-state index contributed by atoms with van der Waals surface area (Å²) in [5.74, 6) is 3.76. The van der Waals surface area contributed by atoms with E-state index in [-0.39, 0.29) is 6.10 Å². The number of fused-ring (bicyclic) bond motifs is 1. The highest BCUT2D eigenvalue weighted by Crippen LogP contribution is 2.45. The lowest BCUT2D eigenvalue weighted by Gasteiger charge is -2.43. The number of rotatable bonds is 3. The van der Waals surface area contributed by atoms with Crippen LogP contribution in [0.1, 0.15) is 65.2 Å².